The highest BCUT2D eigenvalue weighted by molar-refractivity contribution is 5.87. The molecule has 1 aliphatic rings. The highest BCUT2D eigenvalue weighted by Gasteiger charge is 2.24. The second-order valence-electron chi connectivity index (χ2n) is 4.24. The van der Waals surface area contributed by atoms with Crippen LogP contribution in [0.2, 0.25) is 0 Å². The molecule has 0 saturated carbocycles. The zero-order valence-electron chi connectivity index (χ0n) is 10.8. The van der Waals surface area contributed by atoms with E-state index in [-0.39, 0.29) is 17.8 Å². The van der Waals surface area contributed by atoms with Gasteiger partial charge in [0.05, 0.1) is 20.3 Å². The van der Waals surface area contributed by atoms with Gasteiger partial charge in [-0.25, -0.2) is 4.39 Å². The Balaban J connectivity index is 2.17. The van der Waals surface area contributed by atoms with Crippen LogP contribution in [0.3, 0.4) is 0 Å². The Bertz CT molecular complexity index is 490. The third kappa shape index (κ3) is 2.93. The van der Waals surface area contributed by atoms with Crippen molar-refractivity contribution in [2.75, 3.05) is 26.8 Å². The molecule has 19 heavy (non-hydrogen) atoms. The number of rotatable bonds is 3. The Kier molecular flexibility index (Phi) is 4.16. The molecule has 0 spiro atoms. The molecule has 1 amide bonds. The molecule has 1 aromatic rings. The molecule has 0 N–H and O–H groups in total. The molecule has 1 aromatic carbocycles. The number of methoxy groups -OCH3 is 1. The van der Waals surface area contributed by atoms with E-state index in [2.05, 4.69) is 6.58 Å². The van der Waals surface area contributed by atoms with Gasteiger partial charge in [-0.05, 0) is 23.8 Å². The third-order valence-electron chi connectivity index (χ3n) is 3.10. The summed E-state index contributed by atoms with van der Waals surface area (Å²) in [5, 5.41) is 0. The lowest BCUT2D eigenvalue weighted by Gasteiger charge is -2.32. The van der Waals surface area contributed by atoms with Gasteiger partial charge in [0.2, 0.25) is 5.91 Å². The summed E-state index contributed by atoms with van der Waals surface area (Å²) in [6.45, 7) is 4.89. The van der Waals surface area contributed by atoms with E-state index in [4.69, 9.17) is 9.47 Å². The Hall–Kier alpha value is -1.88. The van der Waals surface area contributed by atoms with E-state index < -0.39 is 5.82 Å². The predicted octanol–water partition coefficient (Wildman–Crippen LogP) is 1.92. The van der Waals surface area contributed by atoms with Crippen LogP contribution in [0.4, 0.5) is 4.39 Å². The predicted molar refractivity (Wildman–Crippen MR) is 68.4 cm³/mol. The number of nitrogens with zero attached hydrogens (tertiary/aromatic N) is 1. The molecule has 102 valence electrons. The molecule has 1 fully saturated rings. The molecule has 1 aliphatic heterocycles. The molecule has 1 saturated heterocycles. The van der Waals surface area contributed by atoms with Crippen molar-refractivity contribution in [1.29, 1.82) is 0 Å². The van der Waals surface area contributed by atoms with E-state index in [0.717, 1.165) is 5.56 Å². The van der Waals surface area contributed by atoms with Crippen molar-refractivity contribution in [1.82, 2.24) is 4.90 Å². The zero-order chi connectivity index (χ0) is 13.8. The van der Waals surface area contributed by atoms with Crippen molar-refractivity contribution in [2.45, 2.75) is 6.10 Å². The lowest BCUT2D eigenvalue weighted by atomic mass is 10.1. The fourth-order valence-electron chi connectivity index (χ4n) is 2.06. The minimum Gasteiger partial charge on any atom is -0.494 e. The number of amides is 1. The van der Waals surface area contributed by atoms with Gasteiger partial charge in [-0.3, -0.25) is 4.79 Å². The Labute approximate surface area is 111 Å². The minimum atomic E-state index is -0.416. The van der Waals surface area contributed by atoms with Gasteiger partial charge in [0, 0.05) is 6.54 Å². The van der Waals surface area contributed by atoms with Crippen LogP contribution in [0.15, 0.2) is 30.9 Å². The first-order valence-corrected chi connectivity index (χ1v) is 6.02. The summed E-state index contributed by atoms with van der Waals surface area (Å²) in [7, 11) is 1.41. The molecular weight excluding hydrogens is 249 g/mol. The molecule has 2 rings (SSSR count). The fraction of sp³-hybridized carbons (Fsp3) is 0.357. The smallest absolute Gasteiger partial charge is 0.246 e. The van der Waals surface area contributed by atoms with Gasteiger partial charge < -0.3 is 14.4 Å². The number of morpholine rings is 1. The average molecular weight is 265 g/mol. The first-order chi connectivity index (χ1) is 9.15. The molecule has 5 heteroatoms. The summed E-state index contributed by atoms with van der Waals surface area (Å²) in [4.78, 5) is 13.3. The Morgan fingerprint density at radius 1 is 1.63 bits per heavy atom. The van der Waals surface area contributed by atoms with Crippen LogP contribution in [-0.4, -0.2) is 37.6 Å². The van der Waals surface area contributed by atoms with Crippen molar-refractivity contribution in [3.63, 3.8) is 0 Å². The van der Waals surface area contributed by atoms with E-state index in [0.29, 0.717) is 19.7 Å². The maximum atomic E-state index is 13.4. The lowest BCUT2D eigenvalue weighted by Crippen LogP contribution is -2.41. The van der Waals surface area contributed by atoms with Gasteiger partial charge in [-0.2, -0.15) is 0 Å². The van der Waals surface area contributed by atoms with Gasteiger partial charge in [-0.1, -0.05) is 12.6 Å². The topological polar surface area (TPSA) is 38.8 Å². The fourth-order valence-corrected chi connectivity index (χ4v) is 2.06. The van der Waals surface area contributed by atoms with E-state index in [1.54, 1.807) is 17.0 Å². The SMILES string of the molecule is C=CC(=O)N1CCOC(c2ccc(F)c(OC)c2)C1. The van der Waals surface area contributed by atoms with E-state index in [1.165, 1.54) is 19.3 Å². The average Bonchev–Trinajstić information content (AvgIpc) is 2.47. The number of hydrogen-bond acceptors (Lipinski definition) is 3. The maximum absolute atomic E-state index is 13.4. The van der Waals surface area contributed by atoms with E-state index >= 15 is 0 Å². The molecule has 0 radical (unpaired) electrons. The normalized spacial score (nSPS) is 19.1. The van der Waals surface area contributed by atoms with Gasteiger partial charge in [0.25, 0.3) is 0 Å². The largest absolute Gasteiger partial charge is 0.494 e. The number of ether oxygens (including phenoxy) is 2. The third-order valence-corrected chi connectivity index (χ3v) is 3.10. The minimum absolute atomic E-state index is 0.123. The van der Waals surface area contributed by atoms with Crippen molar-refractivity contribution >= 4 is 5.91 Å². The van der Waals surface area contributed by atoms with Crippen LogP contribution in [0.25, 0.3) is 0 Å². The standard InChI is InChI=1S/C14H16FNO3/c1-3-14(17)16-6-7-19-13(9-16)10-4-5-11(15)12(8-10)18-2/h3-5,8,13H,1,6-7,9H2,2H3. The first-order valence-electron chi connectivity index (χ1n) is 6.02. The number of benzene rings is 1. The summed E-state index contributed by atoms with van der Waals surface area (Å²) in [5.74, 6) is -0.364. The van der Waals surface area contributed by atoms with Crippen LogP contribution in [0.1, 0.15) is 11.7 Å². The maximum Gasteiger partial charge on any atom is 0.246 e. The highest BCUT2D eigenvalue weighted by Crippen LogP contribution is 2.27. The first kappa shape index (κ1) is 13.5. The van der Waals surface area contributed by atoms with E-state index in [1.807, 2.05) is 0 Å². The molecule has 1 atom stereocenters. The Morgan fingerprint density at radius 2 is 2.42 bits per heavy atom. The summed E-state index contributed by atoms with van der Waals surface area (Å²) < 4.78 is 23.9. The Morgan fingerprint density at radius 3 is 3.11 bits per heavy atom. The second-order valence-corrected chi connectivity index (χ2v) is 4.24. The molecule has 0 aliphatic carbocycles. The van der Waals surface area contributed by atoms with Crippen molar-refractivity contribution in [2.24, 2.45) is 0 Å². The molecule has 1 unspecified atom stereocenters. The van der Waals surface area contributed by atoms with Gasteiger partial charge in [-0.15, -0.1) is 0 Å². The monoisotopic (exact) mass is 265 g/mol. The molecular formula is C14H16FNO3. The van der Waals surface area contributed by atoms with Crippen molar-refractivity contribution in [3.8, 4) is 5.75 Å². The molecule has 4 nitrogen and oxygen atoms in total. The number of halogens is 1. The lowest BCUT2D eigenvalue weighted by molar-refractivity contribution is -0.133. The number of hydrogen-bond donors (Lipinski definition) is 0. The van der Waals surface area contributed by atoms with Crippen LogP contribution < -0.4 is 4.74 Å². The summed E-state index contributed by atoms with van der Waals surface area (Å²) in [6, 6.07) is 4.58. The zero-order valence-corrected chi connectivity index (χ0v) is 10.8. The van der Waals surface area contributed by atoms with Gasteiger partial charge >= 0.3 is 0 Å². The van der Waals surface area contributed by atoms with E-state index in [9.17, 15) is 9.18 Å². The summed E-state index contributed by atoms with van der Waals surface area (Å²) in [6.07, 6.45) is 1.01. The van der Waals surface area contributed by atoms with Gasteiger partial charge in [0.1, 0.15) is 6.10 Å². The number of carbonyl (C=O) groups is 1. The molecule has 0 aromatic heterocycles. The van der Waals surface area contributed by atoms with Crippen LogP contribution in [0, 0.1) is 5.82 Å². The molecule has 0 bridgehead atoms. The highest BCUT2D eigenvalue weighted by atomic mass is 19.1. The summed E-state index contributed by atoms with van der Waals surface area (Å²) >= 11 is 0. The quantitative estimate of drug-likeness (QED) is 0.784. The number of carbonyl (C=O) groups excluding carboxylic acids is 1. The van der Waals surface area contributed by atoms with Crippen LogP contribution >= 0.6 is 0 Å². The molecule has 1 heterocycles. The van der Waals surface area contributed by atoms with Crippen LogP contribution in [-0.2, 0) is 9.53 Å². The second kappa shape index (κ2) is 5.84. The van der Waals surface area contributed by atoms with Crippen molar-refractivity contribution in [3.05, 3.63) is 42.2 Å². The van der Waals surface area contributed by atoms with Crippen LogP contribution in [0.5, 0.6) is 5.75 Å². The van der Waals surface area contributed by atoms with Crippen molar-refractivity contribution < 1.29 is 18.7 Å². The van der Waals surface area contributed by atoms with Gasteiger partial charge in [0.15, 0.2) is 11.6 Å². The summed E-state index contributed by atoms with van der Waals surface area (Å²) in [5.41, 5.74) is 0.791.